The number of aryl methyl sites for hydroxylation is 1. The number of thiazole rings is 1. The summed E-state index contributed by atoms with van der Waals surface area (Å²) in [6.45, 7) is 3.40. The number of carbonyl (C=O) groups excluding carboxylic acids is 1. The summed E-state index contributed by atoms with van der Waals surface area (Å²) in [6, 6.07) is 3.91. The van der Waals surface area contributed by atoms with E-state index in [9.17, 15) is 4.79 Å². The Kier molecular flexibility index (Phi) is 5.48. The third kappa shape index (κ3) is 3.62. The molecule has 1 aliphatic carbocycles. The first-order valence-corrected chi connectivity index (χ1v) is 10.8. The second-order valence-electron chi connectivity index (χ2n) is 7.43. The summed E-state index contributed by atoms with van der Waals surface area (Å²) >= 11 is 7.85. The van der Waals surface area contributed by atoms with Gasteiger partial charge in [-0.3, -0.25) is 9.69 Å². The Balaban J connectivity index is 1.67. The van der Waals surface area contributed by atoms with Gasteiger partial charge in [-0.2, -0.15) is 0 Å². The maximum Gasteiger partial charge on any atom is 0.231 e. The van der Waals surface area contributed by atoms with Crippen molar-refractivity contribution in [1.29, 1.82) is 0 Å². The lowest BCUT2D eigenvalue weighted by Crippen LogP contribution is -2.41. The molecule has 140 valence electrons. The molecule has 1 atom stereocenters. The van der Waals surface area contributed by atoms with Crippen LogP contribution in [0.15, 0.2) is 12.1 Å². The molecule has 2 heterocycles. The van der Waals surface area contributed by atoms with Gasteiger partial charge < -0.3 is 4.74 Å². The fraction of sp³-hybridized carbons (Fsp3) is 0.600. The van der Waals surface area contributed by atoms with E-state index in [1.165, 1.54) is 6.42 Å². The van der Waals surface area contributed by atoms with Crippen molar-refractivity contribution in [3.63, 3.8) is 0 Å². The van der Waals surface area contributed by atoms with Crippen LogP contribution in [0.25, 0.3) is 10.2 Å². The number of ether oxygens (including phenoxy) is 1. The molecule has 2 aromatic rings. The maximum atomic E-state index is 13.3. The molecule has 0 radical (unpaired) electrons. The van der Waals surface area contributed by atoms with Gasteiger partial charge in [0.25, 0.3) is 0 Å². The van der Waals surface area contributed by atoms with Crippen LogP contribution >= 0.6 is 22.9 Å². The number of hydrogen-bond acceptors (Lipinski definition) is 4. The summed E-state index contributed by atoms with van der Waals surface area (Å²) in [5.41, 5.74) is 1.89. The molecule has 26 heavy (non-hydrogen) atoms. The van der Waals surface area contributed by atoms with Crippen molar-refractivity contribution in [2.75, 3.05) is 18.1 Å². The number of carbonyl (C=O) groups is 1. The van der Waals surface area contributed by atoms with E-state index in [4.69, 9.17) is 21.3 Å². The molecule has 1 saturated heterocycles. The minimum atomic E-state index is 0.124. The Labute approximate surface area is 163 Å². The lowest BCUT2D eigenvalue weighted by atomic mass is 9.88. The van der Waals surface area contributed by atoms with Gasteiger partial charge in [-0.1, -0.05) is 42.2 Å². The highest BCUT2D eigenvalue weighted by molar-refractivity contribution is 7.22. The van der Waals surface area contributed by atoms with E-state index < -0.39 is 0 Å². The fourth-order valence-corrected chi connectivity index (χ4v) is 5.22. The molecule has 1 aliphatic heterocycles. The number of hydrogen-bond donors (Lipinski definition) is 0. The van der Waals surface area contributed by atoms with Crippen LogP contribution in [0.1, 0.15) is 50.5 Å². The second-order valence-corrected chi connectivity index (χ2v) is 8.85. The number of halogens is 1. The molecule has 1 aromatic heterocycles. The zero-order chi connectivity index (χ0) is 18.1. The van der Waals surface area contributed by atoms with Crippen molar-refractivity contribution in [3.8, 4) is 0 Å². The Morgan fingerprint density at radius 2 is 2.08 bits per heavy atom. The van der Waals surface area contributed by atoms with Crippen LogP contribution in [0.2, 0.25) is 5.02 Å². The molecule has 6 heteroatoms. The summed E-state index contributed by atoms with van der Waals surface area (Å²) < 4.78 is 6.90. The predicted octanol–water partition coefficient (Wildman–Crippen LogP) is 5.35. The predicted molar refractivity (Wildman–Crippen MR) is 107 cm³/mol. The van der Waals surface area contributed by atoms with Gasteiger partial charge in [0.1, 0.15) is 0 Å². The SMILES string of the molecule is Cc1c(Cl)ccc2sc(N(CC3CCCO3)C(=O)C3CCCCC3)nc12. The molecule has 1 unspecified atom stereocenters. The van der Waals surface area contributed by atoms with Crippen LogP contribution in [0.5, 0.6) is 0 Å². The quantitative estimate of drug-likeness (QED) is 0.704. The van der Waals surface area contributed by atoms with E-state index in [1.54, 1.807) is 11.3 Å². The Bertz CT molecular complexity index is 794. The average molecular weight is 393 g/mol. The van der Waals surface area contributed by atoms with E-state index in [2.05, 4.69) is 0 Å². The van der Waals surface area contributed by atoms with Gasteiger partial charge in [-0.15, -0.1) is 0 Å². The molecule has 2 fully saturated rings. The second kappa shape index (κ2) is 7.83. The van der Waals surface area contributed by atoms with Crippen molar-refractivity contribution < 1.29 is 9.53 Å². The Morgan fingerprint density at radius 3 is 2.81 bits per heavy atom. The van der Waals surface area contributed by atoms with Crippen molar-refractivity contribution >= 4 is 44.2 Å². The van der Waals surface area contributed by atoms with Crippen molar-refractivity contribution in [1.82, 2.24) is 4.98 Å². The monoisotopic (exact) mass is 392 g/mol. The lowest BCUT2D eigenvalue weighted by Gasteiger charge is -2.29. The van der Waals surface area contributed by atoms with E-state index in [0.717, 1.165) is 71.1 Å². The number of benzene rings is 1. The van der Waals surface area contributed by atoms with Crippen LogP contribution in [0.4, 0.5) is 5.13 Å². The van der Waals surface area contributed by atoms with Gasteiger partial charge in [0, 0.05) is 17.5 Å². The minimum absolute atomic E-state index is 0.124. The Morgan fingerprint density at radius 1 is 1.27 bits per heavy atom. The summed E-state index contributed by atoms with van der Waals surface area (Å²) in [6.07, 6.45) is 7.76. The van der Waals surface area contributed by atoms with E-state index in [1.807, 2.05) is 24.0 Å². The molecular formula is C20H25ClN2O2S. The minimum Gasteiger partial charge on any atom is -0.376 e. The average Bonchev–Trinajstić information content (AvgIpc) is 3.33. The van der Waals surface area contributed by atoms with Crippen LogP contribution in [-0.4, -0.2) is 30.1 Å². The Hall–Kier alpha value is -1.17. The summed E-state index contributed by atoms with van der Waals surface area (Å²) in [4.78, 5) is 20.0. The normalized spacial score (nSPS) is 21.4. The van der Waals surface area contributed by atoms with Crippen molar-refractivity contribution in [2.24, 2.45) is 5.92 Å². The smallest absolute Gasteiger partial charge is 0.231 e. The molecule has 0 N–H and O–H groups in total. The van der Waals surface area contributed by atoms with Crippen LogP contribution in [0, 0.1) is 12.8 Å². The summed E-state index contributed by atoms with van der Waals surface area (Å²) in [7, 11) is 0. The van der Waals surface area contributed by atoms with Gasteiger partial charge in [0.15, 0.2) is 5.13 Å². The largest absolute Gasteiger partial charge is 0.376 e. The van der Waals surface area contributed by atoms with Crippen molar-refractivity contribution in [3.05, 3.63) is 22.7 Å². The lowest BCUT2D eigenvalue weighted by molar-refractivity contribution is -0.123. The molecule has 4 rings (SSSR count). The first-order valence-electron chi connectivity index (χ1n) is 9.62. The maximum absolute atomic E-state index is 13.3. The zero-order valence-electron chi connectivity index (χ0n) is 15.2. The summed E-state index contributed by atoms with van der Waals surface area (Å²) in [5.74, 6) is 0.352. The highest BCUT2D eigenvalue weighted by Crippen LogP contribution is 2.36. The molecule has 4 nitrogen and oxygen atoms in total. The molecule has 0 spiro atoms. The molecule has 1 amide bonds. The highest BCUT2D eigenvalue weighted by atomic mass is 35.5. The van der Waals surface area contributed by atoms with Gasteiger partial charge in [-0.05, 0) is 50.3 Å². The van der Waals surface area contributed by atoms with Crippen molar-refractivity contribution in [2.45, 2.75) is 58.0 Å². The van der Waals surface area contributed by atoms with E-state index >= 15 is 0 Å². The number of rotatable bonds is 4. The van der Waals surface area contributed by atoms with Gasteiger partial charge in [0.05, 0.1) is 22.9 Å². The van der Waals surface area contributed by atoms with Crippen LogP contribution in [0.3, 0.4) is 0 Å². The molecule has 2 aliphatic rings. The van der Waals surface area contributed by atoms with E-state index in [0.29, 0.717) is 6.54 Å². The molecule has 1 saturated carbocycles. The zero-order valence-corrected chi connectivity index (χ0v) is 16.7. The third-order valence-corrected chi connectivity index (χ3v) is 7.05. The van der Waals surface area contributed by atoms with E-state index in [-0.39, 0.29) is 17.9 Å². The van der Waals surface area contributed by atoms with Gasteiger partial charge in [0.2, 0.25) is 5.91 Å². The molecule has 1 aromatic carbocycles. The number of anilines is 1. The number of amides is 1. The summed E-state index contributed by atoms with van der Waals surface area (Å²) in [5, 5.41) is 1.51. The fourth-order valence-electron chi connectivity index (χ4n) is 4.03. The first kappa shape index (κ1) is 18.2. The van der Waals surface area contributed by atoms with Crippen LogP contribution < -0.4 is 4.90 Å². The number of fused-ring (bicyclic) bond motifs is 1. The highest BCUT2D eigenvalue weighted by Gasteiger charge is 2.31. The van der Waals surface area contributed by atoms with Crippen LogP contribution in [-0.2, 0) is 9.53 Å². The number of nitrogens with zero attached hydrogens (tertiary/aromatic N) is 2. The van der Waals surface area contributed by atoms with Gasteiger partial charge in [-0.25, -0.2) is 4.98 Å². The third-order valence-electron chi connectivity index (χ3n) is 5.60. The topological polar surface area (TPSA) is 42.4 Å². The number of aromatic nitrogens is 1. The van der Waals surface area contributed by atoms with Gasteiger partial charge >= 0.3 is 0 Å². The molecular weight excluding hydrogens is 368 g/mol. The molecule has 0 bridgehead atoms. The standard InChI is InChI=1S/C20H25ClN2O2S/c1-13-16(21)9-10-17-18(13)22-20(26-17)23(12-15-8-5-11-25-15)19(24)14-6-3-2-4-7-14/h9-10,14-15H,2-8,11-12H2,1H3. The first-order chi connectivity index (χ1) is 12.6.